The second-order valence-corrected chi connectivity index (χ2v) is 9.37. The molecule has 0 aliphatic carbocycles. The van der Waals surface area contributed by atoms with Gasteiger partial charge in [0.25, 0.3) is 0 Å². The Hall–Kier alpha value is -4.20. The molecule has 4 aromatic heterocycles. The van der Waals surface area contributed by atoms with E-state index in [1.807, 2.05) is 20.8 Å². The van der Waals surface area contributed by atoms with Gasteiger partial charge in [-0.25, -0.2) is 24.1 Å². The van der Waals surface area contributed by atoms with E-state index < -0.39 is 5.60 Å². The SMILES string of the molecule is CC(C)(C)OC(=O)N1CCC[C@H](n2c(=O)[nH]c3cnc(-c4cnn5ccc(C#N)cc45)nc32)C1. The fourth-order valence-electron chi connectivity index (χ4n) is 4.27. The summed E-state index contributed by atoms with van der Waals surface area (Å²) in [6, 6.07) is 5.27. The second kappa shape index (κ2) is 7.98. The van der Waals surface area contributed by atoms with E-state index in [2.05, 4.69) is 21.1 Å². The highest BCUT2D eigenvalue weighted by Gasteiger charge is 2.30. The summed E-state index contributed by atoms with van der Waals surface area (Å²) in [4.78, 5) is 39.1. The molecular formula is C23H24N8O3. The van der Waals surface area contributed by atoms with E-state index in [1.54, 1.807) is 44.7 Å². The van der Waals surface area contributed by atoms with Crippen LogP contribution >= 0.6 is 0 Å². The van der Waals surface area contributed by atoms with E-state index in [4.69, 9.17) is 9.72 Å². The zero-order valence-electron chi connectivity index (χ0n) is 19.1. The molecule has 174 valence electrons. The molecule has 0 unspecified atom stereocenters. The molecule has 0 aromatic carbocycles. The van der Waals surface area contributed by atoms with Crippen LogP contribution in [0.15, 0.2) is 35.5 Å². The van der Waals surface area contributed by atoms with Crippen molar-refractivity contribution < 1.29 is 9.53 Å². The number of hydrogen-bond acceptors (Lipinski definition) is 7. The second-order valence-electron chi connectivity index (χ2n) is 9.37. The fourth-order valence-corrected chi connectivity index (χ4v) is 4.27. The normalized spacial score (nSPS) is 16.6. The van der Waals surface area contributed by atoms with Crippen molar-refractivity contribution in [1.82, 2.24) is 34.0 Å². The Morgan fingerprint density at radius 3 is 2.91 bits per heavy atom. The molecule has 0 radical (unpaired) electrons. The van der Waals surface area contributed by atoms with Crippen molar-refractivity contribution in [2.45, 2.75) is 45.3 Å². The van der Waals surface area contributed by atoms with E-state index in [-0.39, 0.29) is 17.8 Å². The van der Waals surface area contributed by atoms with Gasteiger partial charge in [0.15, 0.2) is 11.5 Å². The monoisotopic (exact) mass is 460 g/mol. The number of aromatic amines is 1. The summed E-state index contributed by atoms with van der Waals surface area (Å²) in [5, 5.41) is 13.6. The minimum atomic E-state index is -0.594. The molecule has 5 rings (SSSR count). The Balaban J connectivity index is 1.53. The molecule has 1 atom stereocenters. The van der Waals surface area contributed by atoms with E-state index in [1.165, 1.54) is 0 Å². The van der Waals surface area contributed by atoms with Crippen LogP contribution in [0.3, 0.4) is 0 Å². The number of nitrogens with zero attached hydrogens (tertiary/aromatic N) is 7. The number of fused-ring (bicyclic) bond motifs is 2. The Morgan fingerprint density at radius 2 is 2.15 bits per heavy atom. The number of pyridine rings is 1. The summed E-state index contributed by atoms with van der Waals surface area (Å²) in [5.41, 5.74) is 1.92. The third-order valence-electron chi connectivity index (χ3n) is 5.76. The number of nitrogens with one attached hydrogen (secondary N) is 1. The summed E-state index contributed by atoms with van der Waals surface area (Å²) in [6.45, 7) is 6.41. The third kappa shape index (κ3) is 3.87. The van der Waals surface area contributed by atoms with Gasteiger partial charge in [-0.2, -0.15) is 10.4 Å². The van der Waals surface area contributed by atoms with Crippen LogP contribution in [0.5, 0.6) is 0 Å². The molecule has 0 saturated carbocycles. The van der Waals surface area contributed by atoms with Crippen LogP contribution in [-0.2, 0) is 4.74 Å². The smallest absolute Gasteiger partial charge is 0.410 e. The van der Waals surface area contributed by atoms with Crippen LogP contribution in [0, 0.1) is 11.3 Å². The Morgan fingerprint density at radius 1 is 1.32 bits per heavy atom. The maximum Gasteiger partial charge on any atom is 0.410 e. The molecular weight excluding hydrogens is 436 g/mol. The molecule has 11 heteroatoms. The average Bonchev–Trinajstić information content (AvgIpc) is 3.37. The van der Waals surface area contributed by atoms with Crippen LogP contribution in [-0.4, -0.2) is 58.8 Å². The number of imidazole rings is 1. The summed E-state index contributed by atoms with van der Waals surface area (Å²) in [6.07, 6.45) is 5.99. The minimum Gasteiger partial charge on any atom is -0.444 e. The van der Waals surface area contributed by atoms with E-state index >= 15 is 0 Å². The van der Waals surface area contributed by atoms with Crippen molar-refractivity contribution in [3.63, 3.8) is 0 Å². The lowest BCUT2D eigenvalue weighted by Crippen LogP contribution is -2.44. The lowest BCUT2D eigenvalue weighted by atomic mass is 10.1. The number of piperidine rings is 1. The lowest BCUT2D eigenvalue weighted by molar-refractivity contribution is 0.0172. The number of rotatable bonds is 2. The molecule has 5 heterocycles. The van der Waals surface area contributed by atoms with E-state index in [0.717, 1.165) is 12.8 Å². The van der Waals surface area contributed by atoms with Crippen molar-refractivity contribution in [2.24, 2.45) is 0 Å². The van der Waals surface area contributed by atoms with Gasteiger partial charge >= 0.3 is 11.8 Å². The van der Waals surface area contributed by atoms with Crippen LogP contribution in [0.1, 0.15) is 45.2 Å². The van der Waals surface area contributed by atoms with Gasteiger partial charge in [0.05, 0.1) is 41.1 Å². The van der Waals surface area contributed by atoms with Crippen LogP contribution in [0.4, 0.5) is 4.79 Å². The number of nitriles is 1. The average molecular weight is 460 g/mol. The zero-order valence-corrected chi connectivity index (χ0v) is 19.1. The highest BCUT2D eigenvalue weighted by atomic mass is 16.6. The first-order chi connectivity index (χ1) is 16.2. The van der Waals surface area contributed by atoms with Crippen molar-refractivity contribution in [1.29, 1.82) is 5.26 Å². The highest BCUT2D eigenvalue weighted by molar-refractivity contribution is 5.80. The maximum atomic E-state index is 12.9. The van der Waals surface area contributed by atoms with Crippen LogP contribution in [0.2, 0.25) is 0 Å². The highest BCUT2D eigenvalue weighted by Crippen LogP contribution is 2.27. The third-order valence-corrected chi connectivity index (χ3v) is 5.76. The predicted octanol–water partition coefficient (Wildman–Crippen LogP) is 2.88. The molecule has 4 aromatic rings. The Kier molecular flexibility index (Phi) is 5.08. The van der Waals surface area contributed by atoms with Crippen molar-refractivity contribution in [3.05, 3.63) is 46.8 Å². The first-order valence-electron chi connectivity index (χ1n) is 11.1. The molecule has 11 nitrogen and oxygen atoms in total. The van der Waals surface area contributed by atoms with E-state index in [0.29, 0.717) is 46.7 Å². The van der Waals surface area contributed by atoms with Gasteiger partial charge in [0.2, 0.25) is 0 Å². The summed E-state index contributed by atoms with van der Waals surface area (Å²) in [7, 11) is 0. The van der Waals surface area contributed by atoms with Crippen LogP contribution in [0.25, 0.3) is 28.1 Å². The maximum absolute atomic E-state index is 12.9. The van der Waals surface area contributed by atoms with E-state index in [9.17, 15) is 14.9 Å². The number of amides is 1. The minimum absolute atomic E-state index is 0.251. The molecule has 1 N–H and O–H groups in total. The molecule has 1 aliphatic heterocycles. The number of aromatic nitrogens is 6. The fraction of sp³-hybridized carbons (Fsp3) is 0.391. The topological polar surface area (TPSA) is 134 Å². The first-order valence-corrected chi connectivity index (χ1v) is 11.1. The van der Waals surface area contributed by atoms with Gasteiger partial charge < -0.3 is 14.6 Å². The quantitative estimate of drug-likeness (QED) is 0.486. The van der Waals surface area contributed by atoms with Gasteiger partial charge in [-0.1, -0.05) is 0 Å². The first kappa shape index (κ1) is 21.6. The van der Waals surface area contributed by atoms with Crippen LogP contribution < -0.4 is 5.69 Å². The van der Waals surface area contributed by atoms with Crippen molar-refractivity contribution in [2.75, 3.05) is 13.1 Å². The van der Waals surface area contributed by atoms with Gasteiger partial charge in [-0.15, -0.1) is 0 Å². The number of ether oxygens (including phenoxy) is 1. The number of H-pyrrole nitrogens is 1. The molecule has 0 bridgehead atoms. The molecule has 0 spiro atoms. The summed E-state index contributed by atoms with van der Waals surface area (Å²) >= 11 is 0. The Labute approximate surface area is 194 Å². The number of carbonyl (C=O) groups is 1. The number of carbonyl (C=O) groups excluding carboxylic acids is 1. The van der Waals surface area contributed by atoms with Gasteiger partial charge in [0.1, 0.15) is 11.1 Å². The molecule has 1 amide bonds. The predicted molar refractivity (Wildman–Crippen MR) is 123 cm³/mol. The Bertz CT molecular complexity index is 1500. The zero-order chi connectivity index (χ0) is 24.0. The van der Waals surface area contributed by atoms with Crippen molar-refractivity contribution in [3.8, 4) is 17.5 Å². The summed E-state index contributed by atoms with van der Waals surface area (Å²) in [5.74, 6) is 0.394. The van der Waals surface area contributed by atoms with Crippen molar-refractivity contribution >= 4 is 22.8 Å². The van der Waals surface area contributed by atoms with Gasteiger partial charge in [-0.05, 0) is 45.7 Å². The standard InChI is InChI=1S/C23H24N8O3/c1-23(2,3)34-22(33)29-7-4-5-15(13-29)31-20-17(27-21(31)32)12-25-19(28-20)16-11-26-30-8-6-14(10-24)9-18(16)30/h6,8-9,11-12,15H,4-5,7,13H2,1-3H3,(H,27,32)/t15-/m0/s1. The molecule has 1 saturated heterocycles. The number of hydrogen-bond donors (Lipinski definition) is 1. The summed E-state index contributed by atoms with van der Waals surface area (Å²) < 4.78 is 8.77. The lowest BCUT2D eigenvalue weighted by Gasteiger charge is -2.34. The molecule has 1 fully saturated rings. The van der Waals surface area contributed by atoms with Gasteiger partial charge in [-0.3, -0.25) is 4.57 Å². The van der Waals surface area contributed by atoms with Gasteiger partial charge in [0, 0.05) is 19.3 Å². The largest absolute Gasteiger partial charge is 0.444 e. The molecule has 1 aliphatic rings. The molecule has 34 heavy (non-hydrogen) atoms. The number of likely N-dealkylation sites (tertiary alicyclic amines) is 1.